The summed E-state index contributed by atoms with van der Waals surface area (Å²) in [6.45, 7) is 11.3. The fraction of sp³-hybridized carbons (Fsp3) is 0.571. The zero-order valence-electron chi connectivity index (χ0n) is 13.2. The predicted octanol–water partition coefficient (Wildman–Crippen LogP) is 3.30. The van der Waals surface area contributed by atoms with E-state index in [0.29, 0.717) is 17.3 Å². The van der Waals surface area contributed by atoms with Crippen molar-refractivity contribution in [3.05, 3.63) is 39.3 Å². The minimum absolute atomic E-state index is 0.0458. The molecule has 0 unspecified atom stereocenters. The molecule has 1 atom stereocenters. The van der Waals surface area contributed by atoms with Crippen LogP contribution in [0.25, 0.3) is 0 Å². The van der Waals surface area contributed by atoms with Gasteiger partial charge in [0.1, 0.15) is 23.2 Å². The molecule has 2 heterocycles. The lowest BCUT2D eigenvalue weighted by molar-refractivity contribution is -0.386. The van der Waals surface area contributed by atoms with Gasteiger partial charge in [0, 0.05) is 5.41 Å². The van der Waals surface area contributed by atoms with Crippen LogP contribution >= 0.6 is 0 Å². The number of aryl methyl sites for hydroxylation is 1. The van der Waals surface area contributed by atoms with Crippen molar-refractivity contribution >= 4 is 5.69 Å². The summed E-state index contributed by atoms with van der Waals surface area (Å²) in [5.41, 5.74) is 0.809. The second-order valence-corrected chi connectivity index (χ2v) is 6.21. The molecule has 0 aliphatic rings. The van der Waals surface area contributed by atoms with Crippen molar-refractivity contribution < 1.29 is 9.34 Å². The average Bonchev–Trinajstić information content (AvgIpc) is 2.92. The predicted molar refractivity (Wildman–Crippen MR) is 77.4 cm³/mol. The fourth-order valence-electron chi connectivity index (χ4n) is 2.23. The summed E-state index contributed by atoms with van der Waals surface area (Å²) in [5.74, 6) is 1.28. The minimum Gasteiger partial charge on any atom is -0.443 e. The Balaban J connectivity index is 2.41. The molecule has 0 saturated heterocycles. The van der Waals surface area contributed by atoms with Crippen LogP contribution in [0.5, 0.6) is 0 Å². The van der Waals surface area contributed by atoms with Crippen LogP contribution in [0.4, 0.5) is 5.69 Å². The summed E-state index contributed by atoms with van der Waals surface area (Å²) in [5, 5.41) is 15.3. The Hall–Kier alpha value is -2.18. The van der Waals surface area contributed by atoms with E-state index in [2.05, 4.69) is 10.1 Å². The van der Waals surface area contributed by atoms with Crippen molar-refractivity contribution in [2.75, 3.05) is 0 Å². The first-order valence-corrected chi connectivity index (χ1v) is 6.79. The highest BCUT2D eigenvalue weighted by molar-refractivity contribution is 5.40. The van der Waals surface area contributed by atoms with Gasteiger partial charge in [-0.3, -0.25) is 14.8 Å². The van der Waals surface area contributed by atoms with Crippen molar-refractivity contribution in [2.24, 2.45) is 0 Å². The summed E-state index contributed by atoms with van der Waals surface area (Å²) in [7, 11) is 0. The molecular formula is C14H20N4O3. The molecule has 0 amide bonds. The molecule has 0 aliphatic carbocycles. The smallest absolute Gasteiger partial charge is 0.312 e. The van der Waals surface area contributed by atoms with Gasteiger partial charge in [-0.2, -0.15) is 5.10 Å². The molecule has 0 fully saturated rings. The van der Waals surface area contributed by atoms with Crippen LogP contribution in [0.1, 0.15) is 56.8 Å². The zero-order chi connectivity index (χ0) is 15.9. The number of aromatic nitrogens is 3. The highest BCUT2D eigenvalue weighted by Crippen LogP contribution is 2.29. The molecule has 7 nitrogen and oxygen atoms in total. The van der Waals surface area contributed by atoms with E-state index in [0.717, 1.165) is 5.76 Å². The van der Waals surface area contributed by atoms with E-state index in [-0.39, 0.29) is 17.1 Å². The molecule has 2 aromatic heterocycles. The lowest BCUT2D eigenvalue weighted by Gasteiger charge is -2.14. The third-order valence-corrected chi connectivity index (χ3v) is 3.46. The quantitative estimate of drug-likeness (QED) is 0.639. The maximum Gasteiger partial charge on any atom is 0.312 e. The fourth-order valence-corrected chi connectivity index (χ4v) is 2.23. The van der Waals surface area contributed by atoms with Crippen LogP contribution in [-0.2, 0) is 5.41 Å². The van der Waals surface area contributed by atoms with Gasteiger partial charge in [-0.05, 0) is 20.8 Å². The third kappa shape index (κ3) is 2.68. The van der Waals surface area contributed by atoms with Gasteiger partial charge in [0.2, 0.25) is 5.89 Å². The van der Waals surface area contributed by atoms with Crippen molar-refractivity contribution in [1.29, 1.82) is 0 Å². The average molecular weight is 292 g/mol. The molecule has 21 heavy (non-hydrogen) atoms. The minimum atomic E-state index is -0.406. The Labute approximate surface area is 123 Å². The van der Waals surface area contributed by atoms with E-state index in [1.165, 1.54) is 0 Å². The van der Waals surface area contributed by atoms with E-state index < -0.39 is 4.92 Å². The van der Waals surface area contributed by atoms with E-state index in [9.17, 15) is 10.1 Å². The largest absolute Gasteiger partial charge is 0.443 e. The highest BCUT2D eigenvalue weighted by atomic mass is 16.6. The van der Waals surface area contributed by atoms with Gasteiger partial charge in [0.15, 0.2) is 0 Å². The summed E-state index contributed by atoms with van der Waals surface area (Å²) in [6, 6.07) is -0.298. The number of oxazole rings is 1. The molecule has 114 valence electrons. The highest BCUT2D eigenvalue weighted by Gasteiger charge is 2.27. The normalized spacial score (nSPS) is 13.4. The summed E-state index contributed by atoms with van der Waals surface area (Å²) in [4.78, 5) is 14.9. The molecule has 0 spiro atoms. The second-order valence-electron chi connectivity index (χ2n) is 6.21. The van der Waals surface area contributed by atoms with E-state index >= 15 is 0 Å². The number of nitro groups is 1. The molecule has 0 saturated carbocycles. The maximum atomic E-state index is 11.1. The van der Waals surface area contributed by atoms with Gasteiger partial charge in [-0.25, -0.2) is 4.98 Å². The van der Waals surface area contributed by atoms with Gasteiger partial charge in [0.05, 0.1) is 11.1 Å². The zero-order valence-corrected chi connectivity index (χ0v) is 13.2. The summed E-state index contributed by atoms with van der Waals surface area (Å²) < 4.78 is 7.38. The Morgan fingerprint density at radius 1 is 1.38 bits per heavy atom. The Kier molecular flexibility index (Phi) is 3.61. The number of rotatable bonds is 3. The first kappa shape index (κ1) is 15.2. The van der Waals surface area contributed by atoms with Gasteiger partial charge < -0.3 is 4.42 Å². The lowest BCUT2D eigenvalue weighted by Crippen LogP contribution is -2.12. The van der Waals surface area contributed by atoms with Crippen LogP contribution in [0.2, 0.25) is 0 Å². The van der Waals surface area contributed by atoms with Crippen molar-refractivity contribution in [1.82, 2.24) is 14.8 Å². The molecule has 2 rings (SSSR count). The number of hydrogen-bond acceptors (Lipinski definition) is 5. The molecule has 0 N–H and O–H groups in total. The van der Waals surface area contributed by atoms with E-state index in [1.54, 1.807) is 24.7 Å². The first-order valence-electron chi connectivity index (χ1n) is 6.79. The molecule has 0 radical (unpaired) electrons. The Bertz CT molecular complexity index is 679. The number of nitrogens with zero attached hydrogens (tertiary/aromatic N) is 4. The van der Waals surface area contributed by atoms with Crippen LogP contribution in [-0.4, -0.2) is 19.7 Å². The standard InChI is InChI=1S/C14H20N4O3/c1-8-12(18(19)20)9(2)17(16-8)10(3)13-15-7-11(21-13)14(4,5)6/h7,10H,1-6H3/t10-/m1/s1. The Morgan fingerprint density at radius 2 is 2.00 bits per heavy atom. The van der Waals surface area contributed by atoms with Gasteiger partial charge >= 0.3 is 5.69 Å². The summed E-state index contributed by atoms with van der Waals surface area (Å²) in [6.07, 6.45) is 1.70. The molecular weight excluding hydrogens is 272 g/mol. The van der Waals surface area contributed by atoms with Crippen molar-refractivity contribution in [3.63, 3.8) is 0 Å². The molecule has 0 bridgehead atoms. The van der Waals surface area contributed by atoms with Gasteiger partial charge in [0.25, 0.3) is 0 Å². The van der Waals surface area contributed by atoms with Crippen LogP contribution in [0.15, 0.2) is 10.6 Å². The molecule has 0 aromatic carbocycles. The summed E-state index contributed by atoms with van der Waals surface area (Å²) >= 11 is 0. The van der Waals surface area contributed by atoms with E-state index in [4.69, 9.17) is 4.42 Å². The monoisotopic (exact) mass is 292 g/mol. The van der Waals surface area contributed by atoms with Crippen LogP contribution in [0, 0.1) is 24.0 Å². The van der Waals surface area contributed by atoms with Crippen molar-refractivity contribution in [2.45, 2.75) is 53.0 Å². The first-order chi connectivity index (χ1) is 9.62. The second kappa shape index (κ2) is 4.98. The van der Waals surface area contributed by atoms with Gasteiger partial charge in [-0.15, -0.1) is 0 Å². The maximum absolute atomic E-state index is 11.1. The third-order valence-electron chi connectivity index (χ3n) is 3.46. The SMILES string of the molecule is Cc1nn([C@H](C)c2ncc(C(C)(C)C)o2)c(C)c1[N+](=O)[O-]. The Morgan fingerprint density at radius 3 is 2.43 bits per heavy atom. The topological polar surface area (TPSA) is 87.0 Å². The number of hydrogen-bond donors (Lipinski definition) is 0. The van der Waals surface area contributed by atoms with Crippen LogP contribution < -0.4 is 0 Å². The van der Waals surface area contributed by atoms with Gasteiger partial charge in [-0.1, -0.05) is 20.8 Å². The molecule has 0 aliphatic heterocycles. The van der Waals surface area contributed by atoms with E-state index in [1.807, 2.05) is 27.7 Å². The van der Waals surface area contributed by atoms with Crippen LogP contribution in [0.3, 0.4) is 0 Å². The molecule has 2 aromatic rings. The van der Waals surface area contributed by atoms with Crippen molar-refractivity contribution in [3.8, 4) is 0 Å². The lowest BCUT2D eigenvalue weighted by atomic mass is 9.94. The molecule has 7 heteroatoms.